The van der Waals surface area contributed by atoms with Gasteiger partial charge in [0, 0.05) is 22.3 Å². The Hall–Kier alpha value is -2.48. The first kappa shape index (κ1) is 43.9. The van der Waals surface area contributed by atoms with Crippen molar-refractivity contribution in [3.05, 3.63) is 85.5 Å². The summed E-state index contributed by atoms with van der Waals surface area (Å²) in [5.74, 6) is 0. The molecule has 0 saturated carbocycles. The SMILES string of the molecule is CCCCCCCCCCCCCCCCCCC1=C(c2cc(C)c(CCCC)c(C)c2)[N+](=[N-])C(c2cc(C)c(CCCC)c(C)c2)=C1CCCC. The molecule has 2 nitrogen and oxygen atoms in total. The predicted octanol–water partition coefficient (Wildman–Crippen LogP) is 16.6. The lowest BCUT2D eigenvalue weighted by Crippen LogP contribution is -2.06. The van der Waals surface area contributed by atoms with E-state index in [9.17, 15) is 5.53 Å². The minimum atomic E-state index is 1.02. The van der Waals surface area contributed by atoms with E-state index in [2.05, 4.69) is 79.7 Å². The standard InChI is InChI=1S/C50H80N2/c1-9-13-17-18-19-20-21-22-23-24-25-26-27-28-29-30-34-48-47(33-16-12-4)49(43-35-39(5)45(31-14-10-2)40(6)36-43)52(51)50(48)44-37-41(7)46(32-15-11-3)42(8)38-44/h35-38H,9-34H2,1-8H3. The van der Waals surface area contributed by atoms with Gasteiger partial charge in [-0.15, -0.1) is 0 Å². The Morgan fingerprint density at radius 3 is 0.962 bits per heavy atom. The summed E-state index contributed by atoms with van der Waals surface area (Å²) in [7, 11) is 0. The van der Waals surface area contributed by atoms with E-state index in [1.54, 1.807) is 4.70 Å². The number of hydrogen-bond acceptors (Lipinski definition) is 0. The summed E-state index contributed by atoms with van der Waals surface area (Å²) in [5.41, 5.74) is 28.0. The fourth-order valence-corrected chi connectivity index (χ4v) is 8.74. The Morgan fingerprint density at radius 2 is 0.635 bits per heavy atom. The third kappa shape index (κ3) is 13.4. The molecule has 1 heterocycles. The average molecular weight is 709 g/mol. The van der Waals surface area contributed by atoms with Gasteiger partial charge in [-0.25, -0.2) is 4.70 Å². The molecule has 2 aromatic carbocycles. The number of unbranched alkanes of at least 4 members (excludes halogenated alkanes) is 18. The van der Waals surface area contributed by atoms with Crippen LogP contribution >= 0.6 is 0 Å². The van der Waals surface area contributed by atoms with Gasteiger partial charge in [0.1, 0.15) is 0 Å². The number of nitrogens with zero attached hydrogens (tertiary/aromatic N) is 2. The first-order valence-electron chi connectivity index (χ1n) is 22.4. The van der Waals surface area contributed by atoms with Crippen molar-refractivity contribution in [3.63, 3.8) is 0 Å². The van der Waals surface area contributed by atoms with Gasteiger partial charge in [0.2, 0.25) is 11.4 Å². The summed E-state index contributed by atoms with van der Waals surface area (Å²) >= 11 is 0. The summed E-state index contributed by atoms with van der Waals surface area (Å²) in [6, 6.07) is 9.47. The molecular weight excluding hydrogens is 629 g/mol. The summed E-state index contributed by atoms with van der Waals surface area (Å²) < 4.78 is 1.62. The molecule has 0 spiro atoms. The molecule has 52 heavy (non-hydrogen) atoms. The number of allylic oxidation sites excluding steroid dienone is 2. The molecule has 0 fully saturated rings. The summed E-state index contributed by atoms with van der Waals surface area (Å²) in [5, 5.41) is 0. The zero-order valence-electron chi connectivity index (χ0n) is 35.6. The Kier molecular flexibility index (Phi) is 20.9. The fourth-order valence-electron chi connectivity index (χ4n) is 8.74. The number of aryl methyl sites for hydroxylation is 4. The molecule has 2 heteroatoms. The Bertz CT molecular complexity index is 1390. The second-order valence-electron chi connectivity index (χ2n) is 16.5. The van der Waals surface area contributed by atoms with E-state index in [0.29, 0.717) is 0 Å². The first-order chi connectivity index (χ1) is 25.3. The molecule has 3 rings (SSSR count). The van der Waals surface area contributed by atoms with Crippen molar-refractivity contribution in [2.24, 2.45) is 0 Å². The second-order valence-corrected chi connectivity index (χ2v) is 16.5. The van der Waals surface area contributed by atoms with Gasteiger partial charge in [0.15, 0.2) is 0 Å². The van der Waals surface area contributed by atoms with Gasteiger partial charge >= 0.3 is 0 Å². The van der Waals surface area contributed by atoms with Crippen LogP contribution in [-0.2, 0) is 12.8 Å². The maximum Gasteiger partial charge on any atom is 0.211 e. The highest BCUT2D eigenvalue weighted by atomic mass is 15.2. The van der Waals surface area contributed by atoms with Crippen LogP contribution in [0.5, 0.6) is 0 Å². The fraction of sp³-hybridized carbons (Fsp3) is 0.680. The number of hydrogen-bond donors (Lipinski definition) is 0. The van der Waals surface area contributed by atoms with Crippen molar-refractivity contribution >= 4 is 11.4 Å². The molecule has 0 aliphatic carbocycles. The average Bonchev–Trinajstić information content (AvgIpc) is 3.39. The lowest BCUT2D eigenvalue weighted by molar-refractivity contribution is -0.345. The third-order valence-electron chi connectivity index (χ3n) is 11.9. The van der Waals surface area contributed by atoms with Crippen molar-refractivity contribution in [2.45, 2.75) is 222 Å². The highest BCUT2D eigenvalue weighted by Crippen LogP contribution is 2.45. The van der Waals surface area contributed by atoms with Crippen molar-refractivity contribution in [1.82, 2.24) is 0 Å². The van der Waals surface area contributed by atoms with Gasteiger partial charge in [-0.2, -0.15) is 0 Å². The first-order valence-corrected chi connectivity index (χ1v) is 22.4. The van der Waals surface area contributed by atoms with E-state index in [1.807, 2.05) is 0 Å². The molecule has 0 atom stereocenters. The van der Waals surface area contributed by atoms with Gasteiger partial charge in [0.25, 0.3) is 0 Å². The topological polar surface area (TPSA) is 25.3 Å². The third-order valence-corrected chi connectivity index (χ3v) is 11.9. The van der Waals surface area contributed by atoms with E-state index < -0.39 is 0 Å². The molecule has 0 amide bonds. The summed E-state index contributed by atoms with van der Waals surface area (Å²) in [4.78, 5) is 0. The van der Waals surface area contributed by atoms with E-state index in [4.69, 9.17) is 0 Å². The lowest BCUT2D eigenvalue weighted by atomic mass is 9.89. The molecule has 2 aromatic rings. The highest BCUT2D eigenvalue weighted by Gasteiger charge is 2.36. The van der Waals surface area contributed by atoms with Crippen LogP contribution in [0.15, 0.2) is 35.4 Å². The van der Waals surface area contributed by atoms with Crippen LogP contribution in [0, 0.1) is 27.7 Å². The van der Waals surface area contributed by atoms with E-state index >= 15 is 0 Å². The Labute approximate surface area is 322 Å². The maximum absolute atomic E-state index is 12.3. The van der Waals surface area contributed by atoms with Gasteiger partial charge in [-0.1, -0.05) is 143 Å². The number of rotatable bonds is 28. The minimum Gasteiger partial charge on any atom is -0.493 e. The molecule has 0 bridgehead atoms. The van der Waals surface area contributed by atoms with Crippen LogP contribution in [0.2, 0.25) is 0 Å². The van der Waals surface area contributed by atoms with Gasteiger partial charge in [0.05, 0.1) is 0 Å². The van der Waals surface area contributed by atoms with Crippen LogP contribution in [0.25, 0.3) is 16.9 Å². The maximum atomic E-state index is 12.3. The van der Waals surface area contributed by atoms with Crippen LogP contribution in [0.4, 0.5) is 0 Å². The minimum absolute atomic E-state index is 1.02. The zero-order valence-corrected chi connectivity index (χ0v) is 35.6. The second kappa shape index (κ2) is 24.8. The smallest absolute Gasteiger partial charge is 0.211 e. The molecule has 1 aliphatic rings. The Balaban J connectivity index is 1.75. The summed E-state index contributed by atoms with van der Waals surface area (Å²) in [6.07, 6.45) is 33.7. The van der Waals surface area contributed by atoms with Gasteiger partial charge in [-0.05, 0) is 137 Å². The molecule has 0 aromatic heterocycles. The van der Waals surface area contributed by atoms with Crippen LogP contribution < -0.4 is 0 Å². The predicted molar refractivity (Wildman–Crippen MR) is 230 cm³/mol. The molecule has 0 N–H and O–H groups in total. The van der Waals surface area contributed by atoms with Crippen molar-refractivity contribution in [1.29, 1.82) is 0 Å². The molecule has 0 radical (unpaired) electrons. The zero-order chi connectivity index (χ0) is 37.7. The van der Waals surface area contributed by atoms with Gasteiger partial charge < -0.3 is 5.53 Å². The normalized spacial score (nSPS) is 13.3. The highest BCUT2D eigenvalue weighted by molar-refractivity contribution is 5.82. The van der Waals surface area contributed by atoms with E-state index in [1.165, 1.54) is 184 Å². The molecular formula is C50H80N2. The van der Waals surface area contributed by atoms with Crippen LogP contribution in [0.1, 0.15) is 226 Å². The number of benzene rings is 2. The molecule has 0 saturated heterocycles. The largest absolute Gasteiger partial charge is 0.493 e. The lowest BCUT2D eigenvalue weighted by Gasteiger charge is -2.16. The van der Waals surface area contributed by atoms with Crippen molar-refractivity contribution in [2.75, 3.05) is 0 Å². The van der Waals surface area contributed by atoms with Crippen LogP contribution in [0.3, 0.4) is 0 Å². The monoisotopic (exact) mass is 709 g/mol. The quantitative estimate of drug-likeness (QED) is 0.0621. The molecule has 1 aliphatic heterocycles. The van der Waals surface area contributed by atoms with E-state index in [0.717, 1.165) is 49.9 Å². The molecule has 290 valence electrons. The van der Waals surface area contributed by atoms with Crippen molar-refractivity contribution < 1.29 is 4.70 Å². The Morgan fingerprint density at radius 1 is 0.365 bits per heavy atom. The van der Waals surface area contributed by atoms with E-state index in [-0.39, 0.29) is 0 Å². The molecule has 0 unspecified atom stereocenters. The summed E-state index contributed by atoms with van der Waals surface area (Å²) in [6.45, 7) is 18.3. The van der Waals surface area contributed by atoms with Crippen molar-refractivity contribution in [3.8, 4) is 0 Å². The van der Waals surface area contributed by atoms with Gasteiger partial charge in [-0.3, -0.25) is 0 Å². The van der Waals surface area contributed by atoms with Crippen LogP contribution in [-0.4, -0.2) is 4.70 Å².